The number of halogens is 1. The molecule has 0 bridgehead atoms. The van der Waals surface area contributed by atoms with E-state index in [1.54, 1.807) is 7.11 Å². The van der Waals surface area contributed by atoms with Gasteiger partial charge in [-0.1, -0.05) is 45.4 Å². The highest BCUT2D eigenvalue weighted by atomic mass is 79.9. The van der Waals surface area contributed by atoms with Gasteiger partial charge >= 0.3 is 0 Å². The van der Waals surface area contributed by atoms with E-state index in [1.807, 2.05) is 17.9 Å². The molecule has 1 atom stereocenters. The van der Waals surface area contributed by atoms with Crippen LogP contribution >= 0.6 is 15.9 Å². The average molecular weight is 360 g/mol. The van der Waals surface area contributed by atoms with Crippen LogP contribution in [0.5, 0.6) is 0 Å². The molecule has 122 valence electrons. The maximum atomic E-state index is 5.16. The van der Waals surface area contributed by atoms with Crippen molar-refractivity contribution >= 4 is 15.9 Å². The first-order chi connectivity index (χ1) is 10.2. The van der Waals surface area contributed by atoms with Crippen LogP contribution in [0.25, 0.3) is 0 Å². The highest BCUT2D eigenvalue weighted by Crippen LogP contribution is 2.27. The first-order valence-corrected chi connectivity index (χ1v) is 8.91. The van der Waals surface area contributed by atoms with Gasteiger partial charge in [0.2, 0.25) is 0 Å². The fraction of sp³-hybridized carbons (Fsp3) is 0.812. The summed E-state index contributed by atoms with van der Waals surface area (Å²) in [7, 11) is 3.76. The van der Waals surface area contributed by atoms with Gasteiger partial charge in [-0.15, -0.1) is 0 Å². The maximum Gasteiger partial charge on any atom is 0.0696 e. The summed E-state index contributed by atoms with van der Waals surface area (Å²) in [5.74, 6) is 0. The number of nitrogens with one attached hydrogen (secondary N) is 1. The number of nitrogens with zero attached hydrogens (tertiary/aromatic N) is 2. The molecule has 21 heavy (non-hydrogen) atoms. The number of aromatic nitrogens is 2. The molecule has 1 rings (SSSR count). The highest BCUT2D eigenvalue weighted by Gasteiger charge is 2.18. The van der Waals surface area contributed by atoms with Gasteiger partial charge in [0.15, 0.2) is 0 Å². The number of ether oxygens (including phenoxy) is 1. The number of hydrogen-bond donors (Lipinski definition) is 1. The van der Waals surface area contributed by atoms with E-state index in [4.69, 9.17) is 4.74 Å². The predicted molar refractivity (Wildman–Crippen MR) is 91.6 cm³/mol. The number of hydrogen-bond acceptors (Lipinski definition) is 3. The smallest absolute Gasteiger partial charge is 0.0696 e. The quantitative estimate of drug-likeness (QED) is 0.565. The Morgan fingerprint density at radius 2 is 2.00 bits per heavy atom. The van der Waals surface area contributed by atoms with E-state index in [0.29, 0.717) is 12.6 Å². The molecule has 1 N–H and O–H groups in total. The van der Waals surface area contributed by atoms with Crippen LogP contribution in [-0.4, -0.2) is 30.5 Å². The fourth-order valence-electron chi connectivity index (χ4n) is 2.62. The molecule has 1 heterocycles. The second kappa shape index (κ2) is 11.2. The van der Waals surface area contributed by atoms with Crippen LogP contribution in [0.15, 0.2) is 10.7 Å². The maximum absolute atomic E-state index is 5.16. The molecule has 0 saturated heterocycles. The predicted octanol–water partition coefficient (Wildman–Crippen LogP) is 4.30. The molecule has 5 heteroatoms. The Bertz CT molecular complexity index is 382. The Hall–Kier alpha value is -0.390. The van der Waals surface area contributed by atoms with Crippen molar-refractivity contribution in [2.75, 3.05) is 20.8 Å². The summed E-state index contributed by atoms with van der Waals surface area (Å²) in [5, 5.41) is 7.87. The molecule has 0 amide bonds. The van der Waals surface area contributed by atoms with Gasteiger partial charge in [0, 0.05) is 7.11 Å². The van der Waals surface area contributed by atoms with E-state index in [9.17, 15) is 0 Å². The third-order valence-electron chi connectivity index (χ3n) is 3.87. The average Bonchev–Trinajstić information content (AvgIpc) is 2.86. The molecule has 0 aliphatic carbocycles. The summed E-state index contributed by atoms with van der Waals surface area (Å²) in [4.78, 5) is 0. The minimum absolute atomic E-state index is 0.352. The van der Waals surface area contributed by atoms with E-state index in [1.165, 1.54) is 44.2 Å². The van der Waals surface area contributed by atoms with Crippen LogP contribution in [0.1, 0.15) is 63.6 Å². The first kappa shape index (κ1) is 18.7. The summed E-state index contributed by atoms with van der Waals surface area (Å²) in [6.07, 6.45) is 11.0. The van der Waals surface area contributed by atoms with E-state index in [0.717, 1.165) is 17.4 Å². The lowest BCUT2D eigenvalue weighted by atomic mass is 10.0. The van der Waals surface area contributed by atoms with Crippen LogP contribution < -0.4 is 5.32 Å². The van der Waals surface area contributed by atoms with Crippen LogP contribution in [0.3, 0.4) is 0 Å². The lowest BCUT2D eigenvalue weighted by molar-refractivity contribution is 0.181. The lowest BCUT2D eigenvalue weighted by Crippen LogP contribution is -2.22. The molecule has 1 aromatic rings. The van der Waals surface area contributed by atoms with Gasteiger partial charge in [0.05, 0.1) is 35.6 Å². The van der Waals surface area contributed by atoms with Gasteiger partial charge in [-0.25, -0.2) is 0 Å². The molecular formula is C16H30BrN3O. The zero-order valence-corrected chi connectivity index (χ0v) is 15.3. The Balaban J connectivity index is 2.49. The number of unbranched alkanes of at least 4 members (excludes halogenated alkanes) is 5. The van der Waals surface area contributed by atoms with Crippen LogP contribution in [0, 0.1) is 0 Å². The molecule has 0 aliphatic rings. The third kappa shape index (κ3) is 6.49. The number of methoxy groups -OCH3 is 1. The van der Waals surface area contributed by atoms with Crippen molar-refractivity contribution in [1.29, 1.82) is 0 Å². The molecule has 0 aromatic carbocycles. The van der Waals surface area contributed by atoms with Gasteiger partial charge in [-0.05, 0) is 29.4 Å². The topological polar surface area (TPSA) is 39.1 Å². The molecule has 0 fully saturated rings. The Morgan fingerprint density at radius 1 is 1.29 bits per heavy atom. The molecule has 0 radical (unpaired) electrons. The van der Waals surface area contributed by atoms with Crippen molar-refractivity contribution in [1.82, 2.24) is 15.1 Å². The first-order valence-electron chi connectivity index (χ1n) is 8.12. The third-order valence-corrected chi connectivity index (χ3v) is 4.48. The second-order valence-electron chi connectivity index (χ2n) is 5.49. The van der Waals surface area contributed by atoms with Crippen molar-refractivity contribution in [3.8, 4) is 0 Å². The van der Waals surface area contributed by atoms with Gasteiger partial charge in [-0.3, -0.25) is 4.68 Å². The largest absolute Gasteiger partial charge is 0.383 e. The molecule has 0 saturated carbocycles. The monoisotopic (exact) mass is 359 g/mol. The molecule has 4 nitrogen and oxygen atoms in total. The van der Waals surface area contributed by atoms with Crippen molar-refractivity contribution in [3.05, 3.63) is 16.4 Å². The van der Waals surface area contributed by atoms with E-state index in [-0.39, 0.29) is 0 Å². The SMILES string of the molecule is CCCCCCCCC(NC)c1c(Br)cnn1CCOC. The van der Waals surface area contributed by atoms with Crippen molar-refractivity contribution in [2.24, 2.45) is 0 Å². The van der Waals surface area contributed by atoms with Gasteiger partial charge < -0.3 is 10.1 Å². The van der Waals surface area contributed by atoms with Crippen LogP contribution in [0.2, 0.25) is 0 Å². The molecule has 1 unspecified atom stereocenters. The normalized spacial score (nSPS) is 12.8. The Kier molecular flexibility index (Phi) is 9.96. The minimum Gasteiger partial charge on any atom is -0.383 e. The standard InChI is InChI=1S/C16H30BrN3O/c1-4-5-6-7-8-9-10-15(18-2)16-14(17)13-19-20(16)11-12-21-3/h13,15,18H,4-12H2,1-3H3. The molecule has 0 spiro atoms. The van der Waals surface area contributed by atoms with Gasteiger partial charge in [0.25, 0.3) is 0 Å². The van der Waals surface area contributed by atoms with E-state index in [2.05, 4.69) is 33.3 Å². The van der Waals surface area contributed by atoms with Crippen LogP contribution in [0.4, 0.5) is 0 Å². The number of rotatable bonds is 12. The molecular weight excluding hydrogens is 330 g/mol. The highest BCUT2D eigenvalue weighted by molar-refractivity contribution is 9.10. The summed E-state index contributed by atoms with van der Waals surface area (Å²) in [5.41, 5.74) is 1.24. The zero-order chi connectivity index (χ0) is 15.5. The summed E-state index contributed by atoms with van der Waals surface area (Å²) < 4.78 is 8.30. The molecule has 1 aromatic heterocycles. The van der Waals surface area contributed by atoms with Crippen molar-refractivity contribution < 1.29 is 4.74 Å². The van der Waals surface area contributed by atoms with E-state index >= 15 is 0 Å². The Morgan fingerprint density at radius 3 is 2.67 bits per heavy atom. The van der Waals surface area contributed by atoms with E-state index < -0.39 is 0 Å². The molecule has 0 aliphatic heterocycles. The van der Waals surface area contributed by atoms with Crippen molar-refractivity contribution in [2.45, 2.75) is 64.5 Å². The summed E-state index contributed by atoms with van der Waals surface area (Å²) >= 11 is 3.63. The minimum atomic E-state index is 0.352. The fourth-order valence-corrected chi connectivity index (χ4v) is 3.19. The van der Waals surface area contributed by atoms with Gasteiger partial charge in [0.1, 0.15) is 0 Å². The van der Waals surface area contributed by atoms with Gasteiger partial charge in [-0.2, -0.15) is 5.10 Å². The zero-order valence-electron chi connectivity index (χ0n) is 13.7. The van der Waals surface area contributed by atoms with Crippen LogP contribution in [-0.2, 0) is 11.3 Å². The lowest BCUT2D eigenvalue weighted by Gasteiger charge is -2.19. The second-order valence-corrected chi connectivity index (χ2v) is 6.35. The Labute approximate surface area is 137 Å². The van der Waals surface area contributed by atoms with Crippen molar-refractivity contribution in [3.63, 3.8) is 0 Å². The summed E-state index contributed by atoms with van der Waals surface area (Å²) in [6.45, 7) is 3.75. The summed E-state index contributed by atoms with van der Waals surface area (Å²) in [6, 6.07) is 0.352.